The maximum Gasteiger partial charge on any atom is 0.348 e. The summed E-state index contributed by atoms with van der Waals surface area (Å²) < 4.78 is 51.7. The number of hydrogen-bond acceptors (Lipinski definition) is 8. The van der Waals surface area contributed by atoms with Crippen LogP contribution in [0.3, 0.4) is 0 Å². The van der Waals surface area contributed by atoms with Crippen molar-refractivity contribution in [1.29, 1.82) is 5.26 Å². The first-order chi connectivity index (χ1) is 15.3. The summed E-state index contributed by atoms with van der Waals surface area (Å²) in [5, 5.41) is 8.93. The number of thiophene rings is 1. The van der Waals surface area contributed by atoms with E-state index in [9.17, 15) is 22.4 Å². The average Bonchev–Trinajstić information content (AvgIpc) is 3.16. The first kappa shape index (κ1) is 23.3. The highest BCUT2D eigenvalue weighted by molar-refractivity contribution is 7.89. The number of sulfonamides is 1. The molecule has 0 aliphatic heterocycles. The van der Waals surface area contributed by atoms with E-state index in [0.29, 0.717) is 4.70 Å². The number of hydrogen-bond donors (Lipinski definition) is 1. The van der Waals surface area contributed by atoms with Crippen LogP contribution in [0.25, 0.3) is 10.1 Å². The van der Waals surface area contributed by atoms with Crippen LogP contribution >= 0.6 is 11.3 Å². The summed E-state index contributed by atoms with van der Waals surface area (Å²) in [7, 11) is -4.02. The van der Waals surface area contributed by atoms with Gasteiger partial charge >= 0.3 is 11.9 Å². The second-order valence-electron chi connectivity index (χ2n) is 6.36. The van der Waals surface area contributed by atoms with Gasteiger partial charge in [-0.25, -0.2) is 17.6 Å². The van der Waals surface area contributed by atoms with Crippen LogP contribution < -0.4 is 4.72 Å². The highest BCUT2D eigenvalue weighted by Crippen LogP contribution is 2.34. The van der Waals surface area contributed by atoms with Gasteiger partial charge in [0.1, 0.15) is 23.8 Å². The van der Waals surface area contributed by atoms with E-state index in [0.717, 1.165) is 11.3 Å². The van der Waals surface area contributed by atoms with E-state index in [2.05, 4.69) is 4.72 Å². The van der Waals surface area contributed by atoms with Crippen molar-refractivity contribution in [3.05, 3.63) is 64.3 Å². The molecule has 0 unspecified atom stereocenters. The Bertz CT molecular complexity index is 1310. The van der Waals surface area contributed by atoms with Gasteiger partial charge in [0.25, 0.3) is 0 Å². The summed E-state index contributed by atoms with van der Waals surface area (Å²) in [6, 6.07) is 11.4. The van der Waals surface area contributed by atoms with Gasteiger partial charge in [0.15, 0.2) is 0 Å². The molecule has 0 atom stereocenters. The van der Waals surface area contributed by atoms with Gasteiger partial charge in [-0.3, -0.25) is 4.79 Å². The third-order valence-electron chi connectivity index (χ3n) is 4.30. The Morgan fingerprint density at radius 2 is 1.88 bits per heavy atom. The Balaban J connectivity index is 1.72. The van der Waals surface area contributed by atoms with E-state index >= 15 is 0 Å². The summed E-state index contributed by atoms with van der Waals surface area (Å²) in [6.45, 7) is 0.630. The predicted molar refractivity (Wildman–Crippen MR) is 114 cm³/mol. The Morgan fingerprint density at radius 1 is 1.16 bits per heavy atom. The Morgan fingerprint density at radius 3 is 2.53 bits per heavy atom. The molecule has 8 nitrogen and oxygen atoms in total. The van der Waals surface area contributed by atoms with Crippen LogP contribution in [0, 0.1) is 17.1 Å². The van der Waals surface area contributed by atoms with E-state index in [-0.39, 0.29) is 32.9 Å². The summed E-state index contributed by atoms with van der Waals surface area (Å²) >= 11 is 1.02. The molecule has 166 valence electrons. The molecule has 1 N–H and O–H groups in total. The molecule has 1 heterocycles. The highest BCUT2D eigenvalue weighted by atomic mass is 32.2. The number of ether oxygens (including phenoxy) is 2. The molecule has 3 rings (SSSR count). The maximum absolute atomic E-state index is 14.4. The van der Waals surface area contributed by atoms with Crippen molar-refractivity contribution in [2.24, 2.45) is 0 Å². The molecule has 0 saturated carbocycles. The number of carbonyl (C=O) groups is 2. The summed E-state index contributed by atoms with van der Waals surface area (Å²) in [6.07, 6.45) is 0. The van der Waals surface area contributed by atoms with Crippen molar-refractivity contribution in [1.82, 2.24) is 4.72 Å². The van der Waals surface area contributed by atoms with E-state index in [4.69, 9.17) is 14.7 Å². The molecule has 2 aromatic carbocycles. The minimum atomic E-state index is -4.02. The van der Waals surface area contributed by atoms with Crippen LogP contribution in [0.4, 0.5) is 4.39 Å². The van der Waals surface area contributed by atoms with Gasteiger partial charge in [-0.15, -0.1) is 11.3 Å². The van der Waals surface area contributed by atoms with Gasteiger partial charge in [0, 0.05) is 15.6 Å². The first-order valence-electron chi connectivity index (χ1n) is 9.29. The summed E-state index contributed by atoms with van der Waals surface area (Å²) in [5.41, 5.74) is 0.445. The molecule has 0 radical (unpaired) electrons. The van der Waals surface area contributed by atoms with Gasteiger partial charge in [0.05, 0.1) is 23.1 Å². The molecule has 32 heavy (non-hydrogen) atoms. The molecule has 1 aromatic heterocycles. The molecule has 0 bridgehead atoms. The molecule has 0 amide bonds. The van der Waals surface area contributed by atoms with Gasteiger partial charge in [-0.2, -0.15) is 9.98 Å². The largest absolute Gasteiger partial charge is 0.462 e. The Labute approximate surface area is 187 Å². The average molecular weight is 477 g/mol. The van der Waals surface area contributed by atoms with E-state index in [1.165, 1.54) is 36.4 Å². The lowest BCUT2D eigenvalue weighted by molar-refractivity contribution is -0.143. The molecule has 3 aromatic rings. The lowest BCUT2D eigenvalue weighted by Gasteiger charge is -2.09. The normalized spacial score (nSPS) is 11.2. The molecular weight excluding hydrogens is 459 g/mol. The summed E-state index contributed by atoms with van der Waals surface area (Å²) in [5.74, 6) is -2.17. The predicted octanol–water partition coefficient (Wildman–Crippen LogP) is 3.11. The monoisotopic (exact) mass is 476 g/mol. The quantitative estimate of drug-likeness (QED) is 0.496. The van der Waals surface area contributed by atoms with Crippen LogP contribution in [0.1, 0.15) is 27.7 Å². The third-order valence-corrected chi connectivity index (χ3v) is 6.90. The van der Waals surface area contributed by atoms with Crippen molar-refractivity contribution < 1.29 is 31.9 Å². The van der Waals surface area contributed by atoms with Crippen molar-refractivity contribution in [3.63, 3.8) is 0 Å². The maximum atomic E-state index is 14.4. The zero-order chi connectivity index (χ0) is 23.3. The molecule has 0 aliphatic rings. The van der Waals surface area contributed by atoms with Crippen LogP contribution in [-0.2, 0) is 30.9 Å². The number of benzene rings is 2. The Kier molecular flexibility index (Phi) is 7.19. The van der Waals surface area contributed by atoms with Crippen molar-refractivity contribution in [2.45, 2.75) is 18.4 Å². The van der Waals surface area contributed by atoms with Gasteiger partial charge in [-0.1, -0.05) is 6.07 Å². The second-order valence-corrected chi connectivity index (χ2v) is 9.18. The molecule has 0 aliphatic carbocycles. The number of halogens is 1. The minimum Gasteiger partial charge on any atom is -0.462 e. The summed E-state index contributed by atoms with van der Waals surface area (Å²) in [4.78, 5) is 24.4. The van der Waals surface area contributed by atoms with Crippen LogP contribution in [0.2, 0.25) is 0 Å². The van der Waals surface area contributed by atoms with Crippen molar-refractivity contribution in [3.8, 4) is 6.07 Å². The fraction of sp³-hybridized carbons (Fsp3) is 0.190. The minimum absolute atomic E-state index is 0.109. The van der Waals surface area contributed by atoms with Gasteiger partial charge < -0.3 is 9.47 Å². The molecule has 0 spiro atoms. The third kappa shape index (κ3) is 5.11. The molecule has 0 saturated heterocycles. The first-order valence-corrected chi connectivity index (χ1v) is 11.6. The SMILES string of the molecule is CCOC(=O)c1sc2cccc(F)c2c1COC(=O)CNS(=O)(=O)c1ccc(C#N)cc1. The van der Waals surface area contributed by atoms with E-state index in [1.807, 2.05) is 6.07 Å². The molecular formula is C21H17FN2O6S2. The zero-order valence-corrected chi connectivity index (χ0v) is 18.4. The number of nitrogens with zero attached hydrogens (tertiary/aromatic N) is 1. The molecule has 11 heteroatoms. The van der Waals surface area contributed by atoms with Gasteiger partial charge in [0.2, 0.25) is 10.0 Å². The number of nitriles is 1. The standard InChI is InChI=1S/C21H17FN2O6S2/c1-2-29-21(26)20-15(19-16(22)4-3-5-17(19)31-20)12-30-18(25)11-24-32(27,28)14-8-6-13(10-23)7-9-14/h3-9,24H,2,11-12H2,1H3. The number of nitrogens with one attached hydrogen (secondary N) is 1. The number of esters is 2. The highest BCUT2D eigenvalue weighted by Gasteiger charge is 2.23. The number of carbonyl (C=O) groups excluding carboxylic acids is 2. The van der Waals surface area contributed by atoms with Crippen molar-refractivity contribution >= 4 is 43.4 Å². The number of rotatable bonds is 8. The lowest BCUT2D eigenvalue weighted by atomic mass is 10.1. The fourth-order valence-electron chi connectivity index (χ4n) is 2.82. The van der Waals surface area contributed by atoms with Gasteiger partial charge in [-0.05, 0) is 43.3 Å². The van der Waals surface area contributed by atoms with Crippen LogP contribution in [-0.4, -0.2) is 33.5 Å². The molecule has 0 fully saturated rings. The smallest absolute Gasteiger partial charge is 0.348 e. The van der Waals surface area contributed by atoms with Crippen LogP contribution in [0.15, 0.2) is 47.4 Å². The fourth-order valence-corrected chi connectivity index (χ4v) is 4.90. The second kappa shape index (κ2) is 9.86. The van der Waals surface area contributed by atoms with E-state index < -0.39 is 40.9 Å². The topological polar surface area (TPSA) is 123 Å². The lowest BCUT2D eigenvalue weighted by Crippen LogP contribution is -2.30. The van der Waals surface area contributed by atoms with E-state index in [1.54, 1.807) is 13.0 Å². The zero-order valence-electron chi connectivity index (χ0n) is 16.8. The number of fused-ring (bicyclic) bond motifs is 1. The Hall–Kier alpha value is -3.33. The van der Waals surface area contributed by atoms with Crippen LogP contribution in [0.5, 0.6) is 0 Å². The van der Waals surface area contributed by atoms with Crippen molar-refractivity contribution in [2.75, 3.05) is 13.2 Å².